The highest BCUT2D eigenvalue weighted by atomic mass is 35.5. The number of aryl methyl sites for hydroxylation is 1. The monoisotopic (exact) mass is 257 g/mol. The predicted molar refractivity (Wildman–Crippen MR) is 75.0 cm³/mol. The average molecular weight is 258 g/mol. The van der Waals surface area contributed by atoms with E-state index in [2.05, 4.69) is 11.4 Å². The van der Waals surface area contributed by atoms with Crippen molar-refractivity contribution in [2.45, 2.75) is 6.92 Å². The number of nitrogen functional groups attached to an aromatic ring is 1. The van der Waals surface area contributed by atoms with Gasteiger partial charge in [0, 0.05) is 5.69 Å². The number of rotatable bonds is 2. The Morgan fingerprint density at radius 1 is 1.17 bits per heavy atom. The number of hydrogen-bond donors (Lipinski definition) is 2. The van der Waals surface area contributed by atoms with Crippen molar-refractivity contribution in [3.05, 3.63) is 52.5 Å². The maximum atomic E-state index is 9.06. The van der Waals surface area contributed by atoms with Crippen LogP contribution < -0.4 is 11.1 Å². The average Bonchev–Trinajstić information content (AvgIpc) is 2.34. The van der Waals surface area contributed by atoms with E-state index in [0.717, 1.165) is 11.3 Å². The number of nitrogens with two attached hydrogens (primary N) is 1. The summed E-state index contributed by atoms with van der Waals surface area (Å²) in [5, 5.41) is 12.8. The highest BCUT2D eigenvalue weighted by Crippen LogP contribution is 2.29. The van der Waals surface area contributed by atoms with E-state index in [1.165, 1.54) is 0 Å². The number of benzene rings is 2. The van der Waals surface area contributed by atoms with Crippen molar-refractivity contribution in [3.63, 3.8) is 0 Å². The van der Waals surface area contributed by atoms with Crippen molar-refractivity contribution >= 4 is 28.7 Å². The molecule has 4 heteroatoms. The minimum absolute atomic E-state index is 0.564. The van der Waals surface area contributed by atoms with E-state index in [1.807, 2.05) is 19.1 Å². The maximum absolute atomic E-state index is 9.06. The van der Waals surface area contributed by atoms with E-state index < -0.39 is 0 Å². The molecule has 0 aliphatic carbocycles. The van der Waals surface area contributed by atoms with Gasteiger partial charge in [0.15, 0.2) is 0 Å². The molecular formula is C14H12ClN3. The summed E-state index contributed by atoms with van der Waals surface area (Å²) in [7, 11) is 0. The third-order valence-corrected chi connectivity index (χ3v) is 2.88. The molecule has 0 radical (unpaired) electrons. The van der Waals surface area contributed by atoms with E-state index in [1.54, 1.807) is 24.3 Å². The molecule has 18 heavy (non-hydrogen) atoms. The molecule has 0 unspecified atom stereocenters. The van der Waals surface area contributed by atoms with Crippen LogP contribution in [0, 0.1) is 18.3 Å². The second-order valence-corrected chi connectivity index (χ2v) is 4.43. The Morgan fingerprint density at radius 2 is 1.94 bits per heavy atom. The molecule has 0 atom stereocenters. The molecule has 0 aromatic heterocycles. The molecular weight excluding hydrogens is 246 g/mol. The Morgan fingerprint density at radius 3 is 2.67 bits per heavy atom. The van der Waals surface area contributed by atoms with Gasteiger partial charge in [0.2, 0.25) is 0 Å². The molecule has 0 bridgehead atoms. The predicted octanol–water partition coefficient (Wildman–Crippen LogP) is 3.85. The summed E-state index contributed by atoms with van der Waals surface area (Å²) in [4.78, 5) is 0. The summed E-state index contributed by atoms with van der Waals surface area (Å²) in [6, 6.07) is 12.9. The van der Waals surface area contributed by atoms with Crippen molar-refractivity contribution < 1.29 is 0 Å². The van der Waals surface area contributed by atoms with Gasteiger partial charge in [-0.1, -0.05) is 17.7 Å². The molecule has 90 valence electrons. The summed E-state index contributed by atoms with van der Waals surface area (Å²) < 4.78 is 0. The molecule has 2 rings (SSSR count). The van der Waals surface area contributed by atoms with Crippen LogP contribution in [0.5, 0.6) is 0 Å². The van der Waals surface area contributed by atoms with Gasteiger partial charge in [0.05, 0.1) is 22.0 Å². The second-order valence-electron chi connectivity index (χ2n) is 4.03. The third-order valence-electron chi connectivity index (χ3n) is 2.56. The van der Waals surface area contributed by atoms with Gasteiger partial charge in [-0.05, 0) is 42.8 Å². The lowest BCUT2D eigenvalue weighted by Gasteiger charge is -2.11. The molecule has 3 nitrogen and oxygen atoms in total. The van der Waals surface area contributed by atoms with E-state index in [0.29, 0.717) is 22.0 Å². The van der Waals surface area contributed by atoms with Gasteiger partial charge in [-0.3, -0.25) is 0 Å². The lowest BCUT2D eigenvalue weighted by Crippen LogP contribution is -1.96. The fourth-order valence-electron chi connectivity index (χ4n) is 1.64. The van der Waals surface area contributed by atoms with Crippen molar-refractivity contribution in [3.8, 4) is 6.07 Å². The van der Waals surface area contributed by atoms with Crippen LogP contribution in [0.25, 0.3) is 0 Å². The largest absolute Gasteiger partial charge is 0.399 e. The van der Waals surface area contributed by atoms with Crippen molar-refractivity contribution in [1.82, 2.24) is 0 Å². The van der Waals surface area contributed by atoms with Gasteiger partial charge >= 0.3 is 0 Å². The molecule has 0 saturated carbocycles. The summed E-state index contributed by atoms with van der Waals surface area (Å²) in [5.74, 6) is 0. The first-order chi connectivity index (χ1) is 8.60. The van der Waals surface area contributed by atoms with E-state index in [-0.39, 0.29) is 0 Å². The molecule has 0 aliphatic heterocycles. The molecule has 0 amide bonds. The number of nitrogens with zero attached hydrogens (tertiary/aromatic N) is 1. The van der Waals surface area contributed by atoms with Crippen LogP contribution in [0.2, 0.25) is 5.02 Å². The van der Waals surface area contributed by atoms with Crippen LogP contribution in [0.1, 0.15) is 11.1 Å². The molecule has 0 heterocycles. The summed E-state index contributed by atoms with van der Waals surface area (Å²) >= 11 is 6.08. The Labute approximate surface area is 111 Å². The second kappa shape index (κ2) is 4.99. The lowest BCUT2D eigenvalue weighted by atomic mass is 10.1. The van der Waals surface area contributed by atoms with Crippen LogP contribution in [-0.2, 0) is 0 Å². The molecule has 0 saturated heterocycles. The van der Waals surface area contributed by atoms with Gasteiger partial charge in [0.25, 0.3) is 0 Å². The van der Waals surface area contributed by atoms with Crippen molar-refractivity contribution in [2.75, 3.05) is 11.1 Å². The van der Waals surface area contributed by atoms with E-state index >= 15 is 0 Å². The van der Waals surface area contributed by atoms with Crippen molar-refractivity contribution in [1.29, 1.82) is 5.26 Å². The Balaban J connectivity index is 2.43. The highest BCUT2D eigenvalue weighted by molar-refractivity contribution is 6.33. The van der Waals surface area contributed by atoms with Crippen molar-refractivity contribution in [2.24, 2.45) is 0 Å². The Kier molecular flexibility index (Phi) is 3.40. The first-order valence-corrected chi connectivity index (χ1v) is 5.81. The van der Waals surface area contributed by atoms with Crippen LogP contribution in [0.3, 0.4) is 0 Å². The van der Waals surface area contributed by atoms with Gasteiger partial charge < -0.3 is 11.1 Å². The third kappa shape index (κ3) is 2.55. The summed E-state index contributed by atoms with van der Waals surface area (Å²) in [6.45, 7) is 1.97. The van der Waals surface area contributed by atoms with Crippen LogP contribution in [-0.4, -0.2) is 0 Å². The first kappa shape index (κ1) is 12.3. The lowest BCUT2D eigenvalue weighted by molar-refractivity contribution is 1.41. The fraction of sp³-hybridized carbons (Fsp3) is 0.0714. The molecule has 0 aliphatic rings. The van der Waals surface area contributed by atoms with Gasteiger partial charge in [-0.2, -0.15) is 5.26 Å². The maximum Gasteiger partial charge on any atom is 0.101 e. The minimum atomic E-state index is 0.564. The molecule has 2 aromatic carbocycles. The van der Waals surface area contributed by atoms with E-state index in [9.17, 15) is 0 Å². The van der Waals surface area contributed by atoms with E-state index in [4.69, 9.17) is 22.6 Å². The van der Waals surface area contributed by atoms with Crippen LogP contribution >= 0.6 is 11.6 Å². The zero-order valence-corrected chi connectivity index (χ0v) is 10.6. The number of halogens is 1. The van der Waals surface area contributed by atoms with Gasteiger partial charge in [-0.25, -0.2) is 0 Å². The normalized spacial score (nSPS) is 9.83. The molecule has 0 fully saturated rings. The molecule has 0 spiro atoms. The SMILES string of the molecule is Cc1ccc(C#N)c(Nc2cc(N)ccc2Cl)c1. The quantitative estimate of drug-likeness (QED) is 0.804. The Hall–Kier alpha value is -2.18. The Bertz CT molecular complexity index is 629. The first-order valence-electron chi connectivity index (χ1n) is 5.43. The number of nitrogens with one attached hydrogen (secondary N) is 1. The fourth-order valence-corrected chi connectivity index (χ4v) is 1.81. The molecule has 3 N–H and O–H groups in total. The molecule has 2 aromatic rings. The summed E-state index contributed by atoms with van der Waals surface area (Å²) in [5.41, 5.74) is 9.39. The van der Waals surface area contributed by atoms with Gasteiger partial charge in [0.1, 0.15) is 6.07 Å². The zero-order chi connectivity index (χ0) is 13.1. The van der Waals surface area contributed by atoms with Crippen LogP contribution in [0.4, 0.5) is 17.1 Å². The number of hydrogen-bond acceptors (Lipinski definition) is 3. The standard InChI is InChI=1S/C14H12ClN3/c1-9-2-3-10(8-16)13(6-9)18-14-7-11(17)4-5-12(14)15/h2-7,18H,17H2,1H3. The topological polar surface area (TPSA) is 61.8 Å². The smallest absolute Gasteiger partial charge is 0.101 e. The minimum Gasteiger partial charge on any atom is -0.399 e. The van der Waals surface area contributed by atoms with Crippen LogP contribution in [0.15, 0.2) is 36.4 Å². The summed E-state index contributed by atoms with van der Waals surface area (Å²) in [6.07, 6.45) is 0. The number of nitriles is 1. The zero-order valence-electron chi connectivity index (χ0n) is 9.87. The number of anilines is 3. The highest BCUT2D eigenvalue weighted by Gasteiger charge is 2.06. The van der Waals surface area contributed by atoms with Gasteiger partial charge in [-0.15, -0.1) is 0 Å².